The number of nitrogens with one attached hydrogen (secondary N) is 1. The van der Waals surface area contributed by atoms with Crippen LogP contribution in [-0.2, 0) is 4.79 Å². The zero-order valence-corrected chi connectivity index (χ0v) is 16.4. The number of nitrogens with zero attached hydrogens (tertiary/aromatic N) is 2. The number of hydrogen-bond donors (Lipinski definition) is 1. The topological polar surface area (TPSA) is 52.7 Å². The highest BCUT2D eigenvalue weighted by Gasteiger charge is 2.24. The van der Waals surface area contributed by atoms with Gasteiger partial charge in [-0.25, -0.2) is 0 Å². The smallest absolute Gasteiger partial charge is 0.254 e. The Morgan fingerprint density at radius 2 is 1.74 bits per heavy atom. The number of rotatable bonds is 4. The molecule has 1 aliphatic heterocycles. The van der Waals surface area contributed by atoms with E-state index in [4.69, 9.17) is 11.6 Å². The van der Waals surface area contributed by atoms with Crippen molar-refractivity contribution in [1.29, 1.82) is 0 Å². The molecule has 0 radical (unpaired) electrons. The number of benzene rings is 2. The van der Waals surface area contributed by atoms with Crippen LogP contribution in [0.25, 0.3) is 0 Å². The summed E-state index contributed by atoms with van der Waals surface area (Å²) in [5.74, 6) is -0.0371. The summed E-state index contributed by atoms with van der Waals surface area (Å²) in [6, 6.07) is 13.1. The minimum atomic E-state index is -0.0998. The second kappa shape index (κ2) is 8.55. The van der Waals surface area contributed by atoms with Gasteiger partial charge in [0, 0.05) is 31.7 Å². The third-order valence-electron chi connectivity index (χ3n) is 4.79. The second-order valence-electron chi connectivity index (χ2n) is 6.91. The van der Waals surface area contributed by atoms with Gasteiger partial charge in [-0.2, -0.15) is 0 Å². The van der Waals surface area contributed by atoms with E-state index < -0.39 is 0 Å². The van der Waals surface area contributed by atoms with Gasteiger partial charge in [-0.05, 0) is 37.6 Å². The van der Waals surface area contributed by atoms with Gasteiger partial charge in [0.1, 0.15) is 0 Å². The molecule has 3 rings (SSSR count). The third kappa shape index (κ3) is 4.87. The lowest BCUT2D eigenvalue weighted by Crippen LogP contribution is -2.50. The molecule has 6 heteroatoms. The van der Waals surface area contributed by atoms with Crippen molar-refractivity contribution in [2.24, 2.45) is 0 Å². The molecule has 142 valence electrons. The number of amides is 2. The van der Waals surface area contributed by atoms with E-state index >= 15 is 0 Å². The lowest BCUT2D eigenvalue weighted by atomic mass is 10.0. The maximum absolute atomic E-state index is 12.8. The van der Waals surface area contributed by atoms with Crippen LogP contribution in [0.15, 0.2) is 42.5 Å². The summed E-state index contributed by atoms with van der Waals surface area (Å²) in [6.45, 7) is 6.86. The van der Waals surface area contributed by atoms with Crippen LogP contribution in [0.2, 0.25) is 5.02 Å². The molecule has 1 heterocycles. The average Bonchev–Trinajstić information content (AvgIpc) is 2.64. The van der Waals surface area contributed by atoms with Gasteiger partial charge in [-0.1, -0.05) is 41.4 Å². The van der Waals surface area contributed by atoms with E-state index in [2.05, 4.69) is 10.2 Å². The van der Waals surface area contributed by atoms with Crippen molar-refractivity contribution in [2.45, 2.75) is 13.8 Å². The predicted octanol–water partition coefficient (Wildman–Crippen LogP) is 3.35. The maximum Gasteiger partial charge on any atom is 0.254 e. The van der Waals surface area contributed by atoms with Gasteiger partial charge in [0.05, 0.1) is 17.3 Å². The van der Waals surface area contributed by atoms with Gasteiger partial charge in [0.25, 0.3) is 5.91 Å². The molecule has 0 aliphatic carbocycles. The lowest BCUT2D eigenvalue weighted by Gasteiger charge is -2.34. The van der Waals surface area contributed by atoms with Crippen LogP contribution in [0.3, 0.4) is 0 Å². The minimum absolute atomic E-state index is 0.0627. The molecule has 2 aromatic carbocycles. The number of hydrogen-bond acceptors (Lipinski definition) is 3. The van der Waals surface area contributed by atoms with Crippen molar-refractivity contribution >= 4 is 29.1 Å². The van der Waals surface area contributed by atoms with E-state index in [0.29, 0.717) is 36.9 Å². The number of aryl methyl sites for hydroxylation is 2. The van der Waals surface area contributed by atoms with Gasteiger partial charge in [0.15, 0.2) is 0 Å². The van der Waals surface area contributed by atoms with E-state index in [1.165, 1.54) is 0 Å². The molecule has 0 saturated carbocycles. The zero-order chi connectivity index (χ0) is 19.4. The Hall–Kier alpha value is -2.37. The summed E-state index contributed by atoms with van der Waals surface area (Å²) in [5, 5.41) is 3.36. The normalized spacial score (nSPS) is 14.9. The van der Waals surface area contributed by atoms with Crippen LogP contribution in [0.5, 0.6) is 0 Å². The quantitative estimate of drug-likeness (QED) is 0.878. The fourth-order valence-electron chi connectivity index (χ4n) is 3.29. The molecule has 0 unspecified atom stereocenters. The monoisotopic (exact) mass is 385 g/mol. The van der Waals surface area contributed by atoms with E-state index in [-0.39, 0.29) is 18.4 Å². The molecule has 27 heavy (non-hydrogen) atoms. The molecular weight excluding hydrogens is 362 g/mol. The number of para-hydroxylation sites is 1. The molecule has 1 fully saturated rings. The summed E-state index contributed by atoms with van der Waals surface area (Å²) >= 11 is 6.07. The third-order valence-corrected chi connectivity index (χ3v) is 5.12. The Labute approximate surface area is 164 Å². The lowest BCUT2D eigenvalue weighted by molar-refractivity contribution is -0.117. The standard InChI is InChI=1S/C21H24ClN3O2/c1-15-7-8-17(16(2)13-15)21(27)25-11-9-24(10-12-25)14-20(26)23-19-6-4-3-5-18(19)22/h3-8,13H,9-12,14H2,1-2H3,(H,23,26). The van der Waals surface area contributed by atoms with Crippen molar-refractivity contribution in [1.82, 2.24) is 9.80 Å². The molecule has 1 N–H and O–H groups in total. The van der Waals surface area contributed by atoms with Gasteiger partial charge in [-0.3, -0.25) is 14.5 Å². The number of halogens is 1. The van der Waals surface area contributed by atoms with Gasteiger partial charge >= 0.3 is 0 Å². The number of carbonyl (C=O) groups excluding carboxylic acids is 2. The highest BCUT2D eigenvalue weighted by atomic mass is 35.5. The van der Waals surface area contributed by atoms with Crippen LogP contribution >= 0.6 is 11.6 Å². The molecule has 5 nitrogen and oxygen atoms in total. The van der Waals surface area contributed by atoms with E-state index in [9.17, 15) is 9.59 Å². The molecule has 0 aromatic heterocycles. The molecular formula is C21H24ClN3O2. The molecule has 0 bridgehead atoms. The van der Waals surface area contributed by atoms with Crippen LogP contribution in [0, 0.1) is 13.8 Å². The Morgan fingerprint density at radius 1 is 1.04 bits per heavy atom. The summed E-state index contributed by atoms with van der Waals surface area (Å²) in [5.41, 5.74) is 3.53. The van der Waals surface area contributed by atoms with Gasteiger partial charge in [0.2, 0.25) is 5.91 Å². The second-order valence-corrected chi connectivity index (χ2v) is 7.32. The largest absolute Gasteiger partial charge is 0.336 e. The fraction of sp³-hybridized carbons (Fsp3) is 0.333. The van der Waals surface area contributed by atoms with Crippen molar-refractivity contribution < 1.29 is 9.59 Å². The van der Waals surface area contributed by atoms with Crippen LogP contribution in [0.4, 0.5) is 5.69 Å². The van der Waals surface area contributed by atoms with Gasteiger partial charge in [-0.15, -0.1) is 0 Å². The van der Waals surface area contributed by atoms with Crippen molar-refractivity contribution in [3.8, 4) is 0 Å². The highest BCUT2D eigenvalue weighted by molar-refractivity contribution is 6.33. The molecule has 2 amide bonds. The highest BCUT2D eigenvalue weighted by Crippen LogP contribution is 2.20. The van der Waals surface area contributed by atoms with E-state index in [1.807, 2.05) is 49.1 Å². The zero-order valence-electron chi connectivity index (χ0n) is 15.7. The number of anilines is 1. The van der Waals surface area contributed by atoms with Crippen molar-refractivity contribution in [3.05, 3.63) is 64.2 Å². The summed E-state index contributed by atoms with van der Waals surface area (Å²) in [4.78, 5) is 28.9. The first-order valence-corrected chi connectivity index (χ1v) is 9.45. The minimum Gasteiger partial charge on any atom is -0.336 e. The predicted molar refractivity (Wildman–Crippen MR) is 108 cm³/mol. The average molecular weight is 386 g/mol. The number of piperazine rings is 1. The van der Waals surface area contributed by atoms with Gasteiger partial charge < -0.3 is 10.2 Å². The number of carbonyl (C=O) groups is 2. The first kappa shape index (κ1) is 19.4. The van der Waals surface area contributed by atoms with E-state index in [0.717, 1.165) is 16.7 Å². The van der Waals surface area contributed by atoms with Crippen molar-refractivity contribution in [3.63, 3.8) is 0 Å². The first-order chi connectivity index (χ1) is 12.9. The Bertz CT molecular complexity index is 845. The molecule has 1 aliphatic rings. The van der Waals surface area contributed by atoms with Crippen molar-refractivity contribution in [2.75, 3.05) is 38.0 Å². The summed E-state index contributed by atoms with van der Waals surface area (Å²) < 4.78 is 0. The molecule has 2 aromatic rings. The fourth-order valence-corrected chi connectivity index (χ4v) is 3.47. The summed E-state index contributed by atoms with van der Waals surface area (Å²) in [6.07, 6.45) is 0. The van der Waals surface area contributed by atoms with Crippen LogP contribution in [0.1, 0.15) is 21.5 Å². The summed E-state index contributed by atoms with van der Waals surface area (Å²) in [7, 11) is 0. The Kier molecular flexibility index (Phi) is 6.14. The molecule has 0 atom stereocenters. The SMILES string of the molecule is Cc1ccc(C(=O)N2CCN(CC(=O)Nc3ccccc3Cl)CC2)c(C)c1. The van der Waals surface area contributed by atoms with E-state index in [1.54, 1.807) is 12.1 Å². The molecule has 0 spiro atoms. The van der Waals surface area contributed by atoms with Crippen LogP contribution in [-0.4, -0.2) is 54.3 Å². The van der Waals surface area contributed by atoms with Crippen LogP contribution < -0.4 is 5.32 Å². The Balaban J connectivity index is 1.52. The first-order valence-electron chi connectivity index (χ1n) is 9.07. The molecule has 1 saturated heterocycles. The Morgan fingerprint density at radius 3 is 2.41 bits per heavy atom. The maximum atomic E-state index is 12.8.